The number of urea groups is 1. The Bertz CT molecular complexity index is 789. The summed E-state index contributed by atoms with van der Waals surface area (Å²) in [7, 11) is 0.134. The minimum Gasteiger partial charge on any atom is -0.493 e. The van der Waals surface area contributed by atoms with Crippen molar-refractivity contribution in [3.63, 3.8) is 0 Å². The van der Waals surface area contributed by atoms with E-state index in [0.29, 0.717) is 24.5 Å². The van der Waals surface area contributed by atoms with Crippen LogP contribution in [0.25, 0.3) is 0 Å². The van der Waals surface area contributed by atoms with E-state index in [1.54, 1.807) is 19.1 Å². The van der Waals surface area contributed by atoms with Crippen LogP contribution in [0.1, 0.15) is 31.7 Å². The normalized spacial score (nSPS) is 22.5. The highest BCUT2D eigenvalue weighted by Crippen LogP contribution is 2.47. The standard InChI is InChI=1S/C18H26N2O5S/c1-4-20(14-7-10-26(22,23)12-14)17(21)19-18(8-9-18)13-5-6-15(24-2)16(11-13)25-3/h5-6,11,14H,4,7-10,12H2,1-3H3,(H,19,21). The Kier molecular flexibility index (Phi) is 5.05. The molecule has 7 nitrogen and oxygen atoms in total. The van der Waals surface area contributed by atoms with E-state index in [9.17, 15) is 13.2 Å². The summed E-state index contributed by atoms with van der Waals surface area (Å²) < 4.78 is 34.1. The lowest BCUT2D eigenvalue weighted by atomic mass is 10.0. The van der Waals surface area contributed by atoms with Gasteiger partial charge >= 0.3 is 6.03 Å². The van der Waals surface area contributed by atoms with Gasteiger partial charge in [-0.05, 0) is 43.9 Å². The number of methoxy groups -OCH3 is 2. The van der Waals surface area contributed by atoms with Gasteiger partial charge in [-0.2, -0.15) is 0 Å². The second kappa shape index (κ2) is 6.98. The van der Waals surface area contributed by atoms with Crippen LogP contribution >= 0.6 is 0 Å². The number of amides is 2. The lowest BCUT2D eigenvalue weighted by Crippen LogP contribution is -2.49. The maximum Gasteiger partial charge on any atom is 0.318 e. The Labute approximate surface area is 154 Å². The number of nitrogens with one attached hydrogen (secondary N) is 1. The van der Waals surface area contributed by atoms with Crippen molar-refractivity contribution in [2.45, 2.75) is 37.8 Å². The highest BCUT2D eigenvalue weighted by Gasteiger charge is 2.47. The molecule has 144 valence electrons. The molecule has 0 aromatic heterocycles. The number of rotatable bonds is 6. The zero-order valence-electron chi connectivity index (χ0n) is 15.4. The monoisotopic (exact) mass is 382 g/mol. The molecule has 1 aromatic carbocycles. The van der Waals surface area contributed by atoms with Crippen molar-refractivity contribution in [3.05, 3.63) is 23.8 Å². The average molecular weight is 382 g/mol. The molecule has 2 aliphatic rings. The molecular weight excluding hydrogens is 356 g/mol. The fourth-order valence-corrected chi connectivity index (χ4v) is 5.34. The molecule has 0 bridgehead atoms. The number of sulfone groups is 1. The predicted molar refractivity (Wildman–Crippen MR) is 98.4 cm³/mol. The summed E-state index contributed by atoms with van der Waals surface area (Å²) in [6, 6.07) is 5.21. The molecule has 1 N–H and O–H groups in total. The fraction of sp³-hybridized carbons (Fsp3) is 0.611. The molecule has 0 radical (unpaired) electrons. The Hall–Kier alpha value is -1.96. The molecule has 1 atom stereocenters. The average Bonchev–Trinajstić information content (AvgIpc) is 3.31. The minimum atomic E-state index is -3.03. The van der Waals surface area contributed by atoms with Crippen LogP contribution in [-0.2, 0) is 15.4 Å². The van der Waals surface area contributed by atoms with Gasteiger partial charge in [0.2, 0.25) is 0 Å². The fourth-order valence-electron chi connectivity index (χ4n) is 3.61. The first kappa shape index (κ1) is 18.8. The van der Waals surface area contributed by atoms with Gasteiger partial charge in [0, 0.05) is 12.6 Å². The first-order valence-electron chi connectivity index (χ1n) is 8.86. The van der Waals surface area contributed by atoms with Gasteiger partial charge in [-0.1, -0.05) is 6.07 Å². The van der Waals surface area contributed by atoms with E-state index in [0.717, 1.165) is 18.4 Å². The van der Waals surface area contributed by atoms with Gasteiger partial charge in [0.15, 0.2) is 21.3 Å². The Morgan fingerprint density at radius 2 is 1.96 bits per heavy atom. The molecular formula is C18H26N2O5S. The number of ether oxygens (including phenoxy) is 2. The summed E-state index contributed by atoms with van der Waals surface area (Å²) >= 11 is 0. The van der Waals surface area contributed by atoms with Crippen LogP contribution in [0.3, 0.4) is 0 Å². The van der Waals surface area contributed by atoms with Gasteiger partial charge in [0.25, 0.3) is 0 Å². The number of carbonyl (C=O) groups excluding carboxylic acids is 1. The predicted octanol–water partition coefficient (Wildman–Crippen LogP) is 1.91. The molecule has 26 heavy (non-hydrogen) atoms. The van der Waals surface area contributed by atoms with E-state index in [2.05, 4.69) is 5.32 Å². The first-order valence-corrected chi connectivity index (χ1v) is 10.7. The molecule has 1 aromatic rings. The van der Waals surface area contributed by atoms with Gasteiger partial charge in [0.05, 0.1) is 31.3 Å². The van der Waals surface area contributed by atoms with Crippen molar-refractivity contribution in [1.82, 2.24) is 10.2 Å². The van der Waals surface area contributed by atoms with E-state index in [1.807, 2.05) is 25.1 Å². The smallest absolute Gasteiger partial charge is 0.318 e. The Balaban J connectivity index is 1.76. The van der Waals surface area contributed by atoms with E-state index >= 15 is 0 Å². The van der Waals surface area contributed by atoms with Crippen molar-refractivity contribution < 1.29 is 22.7 Å². The zero-order valence-corrected chi connectivity index (χ0v) is 16.3. The first-order chi connectivity index (χ1) is 12.3. The lowest BCUT2D eigenvalue weighted by Gasteiger charge is -2.30. The SMILES string of the molecule is CCN(C(=O)NC1(c2ccc(OC)c(OC)c2)CC1)C1CCS(=O)(=O)C1. The molecule has 1 aliphatic heterocycles. The molecule has 2 amide bonds. The maximum absolute atomic E-state index is 12.8. The highest BCUT2D eigenvalue weighted by molar-refractivity contribution is 7.91. The summed E-state index contributed by atoms with van der Waals surface area (Å²) in [5, 5.41) is 3.12. The summed E-state index contributed by atoms with van der Waals surface area (Å²) in [6.07, 6.45) is 2.19. The number of benzene rings is 1. The zero-order chi connectivity index (χ0) is 18.9. The number of hydrogen-bond acceptors (Lipinski definition) is 5. The van der Waals surface area contributed by atoms with Crippen LogP contribution in [0.5, 0.6) is 11.5 Å². The maximum atomic E-state index is 12.8. The Morgan fingerprint density at radius 1 is 1.27 bits per heavy atom. The number of hydrogen-bond donors (Lipinski definition) is 1. The quantitative estimate of drug-likeness (QED) is 0.812. The van der Waals surface area contributed by atoms with Gasteiger partial charge in [-0.25, -0.2) is 13.2 Å². The van der Waals surface area contributed by atoms with E-state index in [4.69, 9.17) is 9.47 Å². The molecule has 1 saturated carbocycles. The summed E-state index contributed by atoms with van der Waals surface area (Å²) in [5.74, 6) is 1.48. The molecule has 2 fully saturated rings. The molecule has 1 heterocycles. The van der Waals surface area contributed by atoms with Gasteiger partial charge < -0.3 is 19.7 Å². The number of nitrogens with zero attached hydrogens (tertiary/aromatic N) is 1. The van der Waals surface area contributed by atoms with E-state index in [1.165, 1.54) is 0 Å². The van der Waals surface area contributed by atoms with Crippen molar-refractivity contribution >= 4 is 15.9 Å². The van der Waals surface area contributed by atoms with Crippen molar-refractivity contribution in [2.75, 3.05) is 32.3 Å². The van der Waals surface area contributed by atoms with Crippen molar-refractivity contribution in [2.24, 2.45) is 0 Å². The molecule has 1 aliphatic carbocycles. The molecule has 3 rings (SSSR count). The van der Waals surface area contributed by atoms with Gasteiger partial charge in [0.1, 0.15) is 0 Å². The summed E-state index contributed by atoms with van der Waals surface area (Å²) in [4.78, 5) is 14.5. The third-order valence-corrected chi connectivity index (χ3v) is 7.03. The van der Waals surface area contributed by atoms with Gasteiger partial charge in [-0.15, -0.1) is 0 Å². The third kappa shape index (κ3) is 3.60. The summed E-state index contributed by atoms with van der Waals surface area (Å²) in [5.41, 5.74) is 0.556. The lowest BCUT2D eigenvalue weighted by molar-refractivity contribution is 0.178. The minimum absolute atomic E-state index is 0.0532. The third-order valence-electron chi connectivity index (χ3n) is 5.28. The van der Waals surface area contributed by atoms with E-state index in [-0.39, 0.29) is 23.6 Å². The van der Waals surface area contributed by atoms with Crippen LogP contribution in [0.15, 0.2) is 18.2 Å². The van der Waals surface area contributed by atoms with Crippen LogP contribution in [0.4, 0.5) is 4.79 Å². The Morgan fingerprint density at radius 3 is 2.46 bits per heavy atom. The molecule has 1 saturated heterocycles. The van der Waals surface area contributed by atoms with Crippen LogP contribution in [0.2, 0.25) is 0 Å². The molecule has 0 spiro atoms. The molecule has 1 unspecified atom stereocenters. The second-order valence-electron chi connectivity index (χ2n) is 6.92. The van der Waals surface area contributed by atoms with E-state index < -0.39 is 15.4 Å². The summed E-state index contributed by atoms with van der Waals surface area (Å²) in [6.45, 7) is 2.36. The van der Waals surface area contributed by atoms with Crippen LogP contribution in [-0.4, -0.2) is 57.7 Å². The van der Waals surface area contributed by atoms with Crippen molar-refractivity contribution in [3.8, 4) is 11.5 Å². The van der Waals surface area contributed by atoms with Crippen molar-refractivity contribution in [1.29, 1.82) is 0 Å². The van der Waals surface area contributed by atoms with Crippen LogP contribution in [0, 0.1) is 0 Å². The highest BCUT2D eigenvalue weighted by atomic mass is 32.2. The molecule has 8 heteroatoms. The topological polar surface area (TPSA) is 84.9 Å². The van der Waals surface area contributed by atoms with Crippen LogP contribution < -0.4 is 14.8 Å². The van der Waals surface area contributed by atoms with Gasteiger partial charge in [-0.3, -0.25) is 0 Å². The number of carbonyl (C=O) groups is 1. The second-order valence-corrected chi connectivity index (χ2v) is 9.15. The largest absolute Gasteiger partial charge is 0.493 e.